The molecule has 1 N–H and O–H groups in total. The monoisotopic (exact) mass is 244 g/mol. The van der Waals surface area contributed by atoms with Crippen LogP contribution in [-0.2, 0) is 4.74 Å². The van der Waals surface area contributed by atoms with Crippen molar-refractivity contribution in [1.29, 1.82) is 0 Å². The van der Waals surface area contributed by atoms with Crippen LogP contribution in [0.1, 0.15) is 0 Å². The summed E-state index contributed by atoms with van der Waals surface area (Å²) in [6.45, 7) is 4.13. The summed E-state index contributed by atoms with van der Waals surface area (Å²) in [4.78, 5) is 0. The number of fused-ring (bicyclic) bond motifs is 1. The Labute approximate surface area is 106 Å². The average Bonchev–Trinajstić information content (AvgIpc) is 2.43. The van der Waals surface area contributed by atoms with Crippen LogP contribution in [0.2, 0.25) is 0 Å². The van der Waals surface area contributed by atoms with Crippen LogP contribution in [0, 0.1) is 0 Å². The van der Waals surface area contributed by atoms with Crippen molar-refractivity contribution < 1.29 is 14.6 Å². The molecule has 0 radical (unpaired) electrons. The lowest BCUT2D eigenvalue weighted by molar-refractivity contribution is -0.0710. The number of rotatable bonds is 6. The molecule has 1 unspecified atom stereocenters. The highest BCUT2D eigenvalue weighted by Gasteiger charge is 2.01. The first-order valence-electron chi connectivity index (χ1n) is 5.84. The summed E-state index contributed by atoms with van der Waals surface area (Å²) in [7, 11) is 0. The lowest BCUT2D eigenvalue weighted by Crippen LogP contribution is -2.14. The SMILES string of the molecule is C=CC(O)OCCOc1cccc2ccccc12. The quantitative estimate of drug-likeness (QED) is 0.482. The van der Waals surface area contributed by atoms with E-state index in [0.717, 1.165) is 16.5 Å². The molecule has 0 bridgehead atoms. The Morgan fingerprint density at radius 2 is 1.89 bits per heavy atom. The number of ether oxygens (including phenoxy) is 2. The minimum Gasteiger partial charge on any atom is -0.491 e. The molecule has 0 aliphatic carbocycles. The molecule has 2 aromatic rings. The molecule has 0 aliphatic rings. The zero-order chi connectivity index (χ0) is 12.8. The molecule has 0 aliphatic heterocycles. The van der Waals surface area contributed by atoms with Crippen molar-refractivity contribution in [2.45, 2.75) is 6.29 Å². The molecule has 0 amide bonds. The molecule has 0 aromatic heterocycles. The van der Waals surface area contributed by atoms with Crippen molar-refractivity contribution in [3.05, 3.63) is 55.1 Å². The first-order chi connectivity index (χ1) is 8.81. The minimum absolute atomic E-state index is 0.316. The fourth-order valence-electron chi connectivity index (χ4n) is 1.71. The Bertz CT molecular complexity index is 517. The van der Waals surface area contributed by atoms with Gasteiger partial charge in [-0.05, 0) is 17.5 Å². The second-order valence-electron chi connectivity index (χ2n) is 3.82. The molecular formula is C15H16O3. The third-order valence-corrected chi connectivity index (χ3v) is 2.58. The molecular weight excluding hydrogens is 228 g/mol. The Morgan fingerprint density at radius 3 is 2.72 bits per heavy atom. The third kappa shape index (κ3) is 3.09. The smallest absolute Gasteiger partial charge is 0.173 e. The van der Waals surface area contributed by atoms with E-state index < -0.39 is 6.29 Å². The molecule has 0 fully saturated rings. The minimum atomic E-state index is -0.930. The van der Waals surface area contributed by atoms with Crippen molar-refractivity contribution in [3.63, 3.8) is 0 Å². The molecule has 2 rings (SSSR count). The van der Waals surface area contributed by atoms with Gasteiger partial charge in [-0.2, -0.15) is 0 Å². The van der Waals surface area contributed by atoms with Crippen molar-refractivity contribution in [1.82, 2.24) is 0 Å². The van der Waals surface area contributed by atoms with Crippen LogP contribution in [0.15, 0.2) is 55.1 Å². The van der Waals surface area contributed by atoms with Crippen LogP contribution in [0.25, 0.3) is 10.8 Å². The molecule has 0 heterocycles. The van der Waals surface area contributed by atoms with Gasteiger partial charge in [-0.3, -0.25) is 0 Å². The van der Waals surface area contributed by atoms with Gasteiger partial charge < -0.3 is 14.6 Å². The maximum atomic E-state index is 9.13. The number of benzene rings is 2. The van der Waals surface area contributed by atoms with E-state index in [9.17, 15) is 0 Å². The van der Waals surface area contributed by atoms with Crippen molar-refractivity contribution in [2.24, 2.45) is 0 Å². The van der Waals surface area contributed by atoms with Crippen molar-refractivity contribution >= 4 is 10.8 Å². The number of hydrogen-bond acceptors (Lipinski definition) is 3. The Morgan fingerprint density at radius 1 is 1.11 bits per heavy atom. The van der Waals surface area contributed by atoms with E-state index in [1.807, 2.05) is 42.5 Å². The highest BCUT2D eigenvalue weighted by Crippen LogP contribution is 2.24. The van der Waals surface area contributed by atoms with E-state index in [2.05, 4.69) is 6.58 Å². The standard InChI is InChI=1S/C15H16O3/c1-2-15(16)18-11-10-17-14-9-5-7-12-6-3-4-8-13(12)14/h2-9,15-16H,1,10-11H2. The van der Waals surface area contributed by atoms with Crippen LogP contribution in [0.3, 0.4) is 0 Å². The van der Waals surface area contributed by atoms with Gasteiger partial charge in [-0.15, -0.1) is 0 Å². The summed E-state index contributed by atoms with van der Waals surface area (Å²) in [5, 5.41) is 11.3. The van der Waals surface area contributed by atoms with Gasteiger partial charge in [0.15, 0.2) is 6.29 Å². The van der Waals surface area contributed by atoms with Gasteiger partial charge >= 0.3 is 0 Å². The zero-order valence-corrected chi connectivity index (χ0v) is 10.1. The second kappa shape index (κ2) is 6.19. The molecule has 0 saturated carbocycles. The zero-order valence-electron chi connectivity index (χ0n) is 10.1. The molecule has 3 nitrogen and oxygen atoms in total. The van der Waals surface area contributed by atoms with Crippen LogP contribution < -0.4 is 4.74 Å². The van der Waals surface area contributed by atoms with Gasteiger partial charge in [-0.1, -0.05) is 43.0 Å². The fourth-order valence-corrected chi connectivity index (χ4v) is 1.71. The van der Waals surface area contributed by atoms with Crippen molar-refractivity contribution in [3.8, 4) is 5.75 Å². The number of aliphatic hydroxyl groups excluding tert-OH is 1. The molecule has 2 aromatic carbocycles. The normalized spacial score (nSPS) is 12.3. The van der Waals surface area contributed by atoms with E-state index in [1.54, 1.807) is 0 Å². The first kappa shape index (κ1) is 12.6. The molecule has 3 heteroatoms. The summed E-state index contributed by atoms with van der Waals surface area (Å²) < 4.78 is 10.7. The summed E-state index contributed by atoms with van der Waals surface area (Å²) in [6, 6.07) is 14.0. The Kier molecular flexibility index (Phi) is 4.34. The van der Waals surface area contributed by atoms with Gasteiger partial charge in [-0.25, -0.2) is 0 Å². The first-order valence-corrected chi connectivity index (χ1v) is 5.84. The van der Waals surface area contributed by atoms with Gasteiger partial charge in [0.2, 0.25) is 0 Å². The second-order valence-corrected chi connectivity index (χ2v) is 3.82. The maximum Gasteiger partial charge on any atom is 0.173 e. The maximum absolute atomic E-state index is 9.13. The largest absolute Gasteiger partial charge is 0.491 e. The molecule has 1 atom stereocenters. The van der Waals surface area contributed by atoms with Gasteiger partial charge in [0.1, 0.15) is 12.4 Å². The van der Waals surface area contributed by atoms with Crippen LogP contribution in [-0.4, -0.2) is 24.6 Å². The summed E-state index contributed by atoms with van der Waals surface area (Å²) >= 11 is 0. The van der Waals surface area contributed by atoms with E-state index in [1.165, 1.54) is 6.08 Å². The Hall–Kier alpha value is -1.84. The van der Waals surface area contributed by atoms with E-state index >= 15 is 0 Å². The Balaban J connectivity index is 1.97. The summed E-state index contributed by atoms with van der Waals surface area (Å²) in [5.74, 6) is 0.824. The summed E-state index contributed by atoms with van der Waals surface area (Å²) in [6.07, 6.45) is 0.402. The van der Waals surface area contributed by atoms with Gasteiger partial charge in [0, 0.05) is 5.39 Å². The van der Waals surface area contributed by atoms with Gasteiger partial charge in [0.25, 0.3) is 0 Å². The highest BCUT2D eigenvalue weighted by molar-refractivity contribution is 5.88. The molecule has 0 spiro atoms. The lowest BCUT2D eigenvalue weighted by atomic mass is 10.1. The fraction of sp³-hybridized carbons (Fsp3) is 0.200. The molecule has 94 valence electrons. The predicted octanol–water partition coefficient (Wildman–Crippen LogP) is 2.74. The van der Waals surface area contributed by atoms with E-state index in [-0.39, 0.29) is 0 Å². The van der Waals surface area contributed by atoms with Crippen LogP contribution in [0.4, 0.5) is 0 Å². The average molecular weight is 244 g/mol. The van der Waals surface area contributed by atoms with Crippen molar-refractivity contribution in [2.75, 3.05) is 13.2 Å². The molecule has 0 saturated heterocycles. The topological polar surface area (TPSA) is 38.7 Å². The number of hydrogen-bond donors (Lipinski definition) is 1. The number of aliphatic hydroxyl groups is 1. The highest BCUT2D eigenvalue weighted by atomic mass is 16.6. The van der Waals surface area contributed by atoms with E-state index in [0.29, 0.717) is 13.2 Å². The van der Waals surface area contributed by atoms with E-state index in [4.69, 9.17) is 14.6 Å². The lowest BCUT2D eigenvalue weighted by Gasteiger charge is -2.11. The van der Waals surface area contributed by atoms with Crippen LogP contribution >= 0.6 is 0 Å². The van der Waals surface area contributed by atoms with Crippen LogP contribution in [0.5, 0.6) is 5.75 Å². The predicted molar refractivity (Wildman–Crippen MR) is 71.6 cm³/mol. The third-order valence-electron chi connectivity index (χ3n) is 2.58. The van der Waals surface area contributed by atoms with Gasteiger partial charge in [0.05, 0.1) is 6.61 Å². The summed E-state index contributed by atoms with van der Waals surface area (Å²) in [5.41, 5.74) is 0. The molecule has 18 heavy (non-hydrogen) atoms.